The van der Waals surface area contributed by atoms with E-state index in [9.17, 15) is 14.9 Å². The predicted molar refractivity (Wildman–Crippen MR) is 62.8 cm³/mol. The smallest absolute Gasteiger partial charge is 0.308 e. The fourth-order valence-corrected chi connectivity index (χ4v) is 1.48. The Morgan fingerprint density at radius 2 is 2.21 bits per heavy atom. The largest absolute Gasteiger partial charge is 0.481 e. The van der Waals surface area contributed by atoms with Gasteiger partial charge in [0.15, 0.2) is 0 Å². The summed E-state index contributed by atoms with van der Waals surface area (Å²) >= 11 is 0. The van der Waals surface area contributed by atoms with Crippen LogP contribution in [0, 0.1) is 16.0 Å². The number of nitrogens with zero attached hydrogens (tertiary/aromatic N) is 5. The Balaban J connectivity index is 2.16. The van der Waals surface area contributed by atoms with Gasteiger partial charge in [0.25, 0.3) is 0 Å². The number of hydrogen-bond acceptors (Lipinski definition) is 5. The number of nitro groups is 1. The van der Waals surface area contributed by atoms with Crippen LogP contribution in [0.1, 0.15) is 6.92 Å². The highest BCUT2D eigenvalue weighted by atomic mass is 16.6. The molecule has 0 amide bonds. The van der Waals surface area contributed by atoms with E-state index in [4.69, 9.17) is 5.11 Å². The van der Waals surface area contributed by atoms with Gasteiger partial charge in [-0.3, -0.25) is 19.6 Å². The third-order valence-corrected chi connectivity index (χ3v) is 2.55. The molecule has 0 radical (unpaired) electrons. The molecule has 2 rings (SSSR count). The van der Waals surface area contributed by atoms with E-state index < -0.39 is 16.8 Å². The molecule has 9 heteroatoms. The molecule has 0 spiro atoms. The molecule has 2 heterocycles. The molecule has 0 aliphatic carbocycles. The Labute approximate surface area is 107 Å². The van der Waals surface area contributed by atoms with Gasteiger partial charge < -0.3 is 5.11 Å². The van der Waals surface area contributed by atoms with Crippen molar-refractivity contribution in [3.63, 3.8) is 0 Å². The normalized spacial score (nSPS) is 12.3. The van der Waals surface area contributed by atoms with Crippen LogP contribution < -0.4 is 0 Å². The summed E-state index contributed by atoms with van der Waals surface area (Å²) in [4.78, 5) is 20.7. The van der Waals surface area contributed by atoms with Crippen molar-refractivity contribution in [2.24, 2.45) is 5.92 Å². The van der Waals surface area contributed by atoms with E-state index in [1.165, 1.54) is 21.8 Å². The number of rotatable bonds is 5. The van der Waals surface area contributed by atoms with Crippen molar-refractivity contribution in [3.05, 3.63) is 34.9 Å². The molecule has 0 aliphatic heterocycles. The Kier molecular flexibility index (Phi) is 3.27. The van der Waals surface area contributed by atoms with Crippen LogP contribution in [0.25, 0.3) is 5.69 Å². The quantitative estimate of drug-likeness (QED) is 0.628. The van der Waals surface area contributed by atoms with Crippen LogP contribution in [0.3, 0.4) is 0 Å². The molecule has 0 saturated heterocycles. The molecule has 9 nitrogen and oxygen atoms in total. The van der Waals surface area contributed by atoms with E-state index in [1.807, 2.05) is 0 Å². The summed E-state index contributed by atoms with van der Waals surface area (Å²) < 4.78 is 2.77. The van der Waals surface area contributed by atoms with Crippen molar-refractivity contribution in [1.82, 2.24) is 19.6 Å². The molecule has 2 aromatic rings. The molecule has 2 aromatic heterocycles. The van der Waals surface area contributed by atoms with E-state index in [-0.39, 0.29) is 12.2 Å². The maximum absolute atomic E-state index is 10.7. The van der Waals surface area contributed by atoms with Crippen molar-refractivity contribution < 1.29 is 14.8 Å². The SMILES string of the molecule is CC(Cn1cc(-n2cc([N+](=O)[O-])cn2)cn1)C(=O)O. The van der Waals surface area contributed by atoms with Crippen LogP contribution in [-0.4, -0.2) is 35.6 Å². The first kappa shape index (κ1) is 12.7. The first-order valence-electron chi connectivity index (χ1n) is 5.42. The Morgan fingerprint density at radius 1 is 1.47 bits per heavy atom. The highest BCUT2D eigenvalue weighted by Crippen LogP contribution is 2.13. The fourth-order valence-electron chi connectivity index (χ4n) is 1.48. The minimum Gasteiger partial charge on any atom is -0.481 e. The maximum Gasteiger partial charge on any atom is 0.308 e. The van der Waals surface area contributed by atoms with Crippen LogP contribution in [0.2, 0.25) is 0 Å². The summed E-state index contributed by atoms with van der Waals surface area (Å²) in [6.07, 6.45) is 5.45. The average molecular weight is 265 g/mol. The highest BCUT2D eigenvalue weighted by Gasteiger charge is 2.14. The fraction of sp³-hybridized carbons (Fsp3) is 0.300. The maximum atomic E-state index is 10.7. The van der Waals surface area contributed by atoms with Gasteiger partial charge in [0.1, 0.15) is 18.1 Å². The van der Waals surface area contributed by atoms with Crippen LogP contribution in [0.15, 0.2) is 24.8 Å². The molecule has 1 N–H and O–H groups in total. The molecule has 0 saturated carbocycles. The number of hydrogen-bond donors (Lipinski definition) is 1. The summed E-state index contributed by atoms with van der Waals surface area (Å²) in [5, 5.41) is 27.2. The van der Waals surface area contributed by atoms with Crippen LogP contribution in [0.4, 0.5) is 5.69 Å². The third kappa shape index (κ3) is 2.76. The number of carboxylic acid groups (broad SMARTS) is 1. The molecule has 1 unspecified atom stereocenters. The topological polar surface area (TPSA) is 116 Å². The van der Waals surface area contributed by atoms with Gasteiger partial charge in [-0.05, 0) is 0 Å². The molecule has 1 atom stereocenters. The summed E-state index contributed by atoms with van der Waals surface area (Å²) in [6.45, 7) is 1.79. The van der Waals surface area contributed by atoms with Crippen molar-refractivity contribution in [2.45, 2.75) is 13.5 Å². The van der Waals surface area contributed by atoms with Gasteiger partial charge in [0, 0.05) is 0 Å². The van der Waals surface area contributed by atoms with Crippen molar-refractivity contribution >= 4 is 11.7 Å². The lowest BCUT2D eigenvalue weighted by Gasteiger charge is -2.05. The molecular formula is C10H11N5O4. The second-order valence-electron chi connectivity index (χ2n) is 4.06. The molecular weight excluding hydrogens is 254 g/mol. The lowest BCUT2D eigenvalue weighted by atomic mass is 10.2. The van der Waals surface area contributed by atoms with Gasteiger partial charge in [-0.2, -0.15) is 10.2 Å². The van der Waals surface area contributed by atoms with Gasteiger partial charge in [-0.25, -0.2) is 4.68 Å². The first-order chi connectivity index (χ1) is 8.97. The Hall–Kier alpha value is -2.71. The van der Waals surface area contributed by atoms with E-state index >= 15 is 0 Å². The Morgan fingerprint density at radius 3 is 2.79 bits per heavy atom. The molecule has 100 valence electrons. The van der Waals surface area contributed by atoms with Gasteiger partial charge in [0.05, 0.1) is 29.8 Å². The predicted octanol–water partition coefficient (Wildman–Crippen LogP) is 0.698. The lowest BCUT2D eigenvalue weighted by Crippen LogP contribution is -2.16. The minimum atomic E-state index is -0.910. The van der Waals surface area contributed by atoms with E-state index in [2.05, 4.69) is 10.2 Å². The van der Waals surface area contributed by atoms with Gasteiger partial charge in [0.2, 0.25) is 0 Å². The number of carbonyl (C=O) groups is 1. The molecule has 0 aromatic carbocycles. The van der Waals surface area contributed by atoms with Crippen LogP contribution >= 0.6 is 0 Å². The third-order valence-electron chi connectivity index (χ3n) is 2.55. The van der Waals surface area contributed by atoms with Gasteiger partial charge in [-0.1, -0.05) is 6.92 Å². The zero-order valence-corrected chi connectivity index (χ0v) is 10.0. The monoisotopic (exact) mass is 265 g/mol. The Bertz CT molecular complexity index is 617. The number of aromatic nitrogens is 4. The molecule has 0 fully saturated rings. The zero-order chi connectivity index (χ0) is 14.0. The second kappa shape index (κ2) is 4.88. The zero-order valence-electron chi connectivity index (χ0n) is 10.0. The highest BCUT2D eigenvalue weighted by molar-refractivity contribution is 5.69. The number of carboxylic acids is 1. The summed E-state index contributed by atoms with van der Waals surface area (Å²) in [5.74, 6) is -1.48. The molecule has 0 bridgehead atoms. The van der Waals surface area contributed by atoms with Crippen LogP contribution in [-0.2, 0) is 11.3 Å². The standard InChI is InChI=1S/C10H11N5O4/c1-7(10(16)17)4-13-5-8(2-11-13)14-6-9(3-12-14)15(18)19/h2-3,5-7H,4H2,1H3,(H,16,17). The van der Waals surface area contributed by atoms with E-state index in [0.29, 0.717) is 5.69 Å². The van der Waals surface area contributed by atoms with Crippen LogP contribution in [0.5, 0.6) is 0 Å². The summed E-state index contributed by atoms with van der Waals surface area (Å²) in [5.41, 5.74) is 0.414. The molecule has 0 aliphatic rings. The minimum absolute atomic E-state index is 0.119. The second-order valence-corrected chi connectivity index (χ2v) is 4.06. The van der Waals surface area contributed by atoms with E-state index in [0.717, 1.165) is 6.20 Å². The van der Waals surface area contributed by atoms with Gasteiger partial charge in [-0.15, -0.1) is 0 Å². The van der Waals surface area contributed by atoms with Crippen molar-refractivity contribution in [1.29, 1.82) is 0 Å². The molecule has 19 heavy (non-hydrogen) atoms. The van der Waals surface area contributed by atoms with E-state index in [1.54, 1.807) is 13.1 Å². The van der Waals surface area contributed by atoms with Crippen molar-refractivity contribution in [2.75, 3.05) is 0 Å². The first-order valence-corrected chi connectivity index (χ1v) is 5.42. The number of aliphatic carboxylic acids is 1. The summed E-state index contributed by atoms with van der Waals surface area (Å²) in [7, 11) is 0. The van der Waals surface area contributed by atoms with Gasteiger partial charge >= 0.3 is 11.7 Å². The average Bonchev–Trinajstić information content (AvgIpc) is 2.95. The summed E-state index contributed by atoms with van der Waals surface area (Å²) in [6, 6.07) is 0. The lowest BCUT2D eigenvalue weighted by molar-refractivity contribution is -0.384. The van der Waals surface area contributed by atoms with Crippen molar-refractivity contribution in [3.8, 4) is 5.69 Å².